The van der Waals surface area contributed by atoms with Crippen LogP contribution in [0.25, 0.3) is 22.0 Å². The Morgan fingerprint density at radius 3 is 2.27 bits per heavy atom. The van der Waals surface area contributed by atoms with Gasteiger partial charge in [0.1, 0.15) is 12.1 Å². The van der Waals surface area contributed by atoms with Crippen molar-refractivity contribution in [3.63, 3.8) is 0 Å². The zero-order valence-corrected chi connectivity index (χ0v) is 23.2. The normalized spacial score (nSPS) is 21.4. The molecular weight excluding hydrogens is 504 g/mol. The molecule has 2 bridgehead atoms. The molecule has 0 amide bonds. The molecule has 5 heteroatoms. The number of nitrogens with zero attached hydrogens (tertiary/aromatic N) is 2. The minimum absolute atomic E-state index is 0.305. The highest BCUT2D eigenvalue weighted by Crippen LogP contribution is 2.48. The molecule has 206 valence electrons. The van der Waals surface area contributed by atoms with Crippen molar-refractivity contribution in [2.75, 3.05) is 11.9 Å². The maximum atomic E-state index is 9.90. The van der Waals surface area contributed by atoms with E-state index in [1.807, 2.05) is 0 Å². The second kappa shape index (κ2) is 11.4. The van der Waals surface area contributed by atoms with Crippen molar-refractivity contribution in [1.82, 2.24) is 15.3 Å². The predicted octanol–water partition coefficient (Wildman–Crippen LogP) is 7.13. The molecule has 7 rings (SSSR count). The third-order valence-corrected chi connectivity index (χ3v) is 9.23. The van der Waals surface area contributed by atoms with Crippen LogP contribution in [0.4, 0.5) is 11.5 Å². The SMILES string of the molecule is OCC1C2CCC(C2)C1NCc1ccc(-c2ccc3ncnc(Nc4ccc(Cc5ccccc5)cc4)c3c2)cc1. The van der Waals surface area contributed by atoms with Gasteiger partial charge in [0.15, 0.2) is 0 Å². The molecule has 2 aliphatic carbocycles. The van der Waals surface area contributed by atoms with E-state index < -0.39 is 0 Å². The van der Waals surface area contributed by atoms with E-state index in [9.17, 15) is 5.11 Å². The van der Waals surface area contributed by atoms with Crippen molar-refractivity contribution in [3.05, 3.63) is 120 Å². The molecule has 2 aliphatic rings. The monoisotopic (exact) mass is 540 g/mol. The average molecular weight is 541 g/mol. The number of hydrogen-bond acceptors (Lipinski definition) is 5. The molecule has 1 heterocycles. The Morgan fingerprint density at radius 2 is 1.46 bits per heavy atom. The van der Waals surface area contributed by atoms with Crippen LogP contribution in [0.2, 0.25) is 0 Å². The van der Waals surface area contributed by atoms with Crippen LogP contribution in [0, 0.1) is 17.8 Å². The van der Waals surface area contributed by atoms with Gasteiger partial charge in [0.2, 0.25) is 0 Å². The summed E-state index contributed by atoms with van der Waals surface area (Å²) in [5.41, 5.74) is 8.09. The van der Waals surface area contributed by atoms with E-state index in [-0.39, 0.29) is 0 Å². The van der Waals surface area contributed by atoms with Crippen molar-refractivity contribution in [1.29, 1.82) is 0 Å². The molecule has 4 aromatic carbocycles. The molecular formula is C36H36N4O. The number of anilines is 2. The average Bonchev–Trinajstić information content (AvgIpc) is 3.64. The van der Waals surface area contributed by atoms with Crippen molar-refractivity contribution in [3.8, 4) is 11.1 Å². The zero-order valence-electron chi connectivity index (χ0n) is 23.2. The number of benzene rings is 4. The van der Waals surface area contributed by atoms with Crippen LogP contribution >= 0.6 is 0 Å². The molecule has 2 saturated carbocycles. The third-order valence-electron chi connectivity index (χ3n) is 9.23. The van der Waals surface area contributed by atoms with Crippen molar-refractivity contribution in [2.45, 2.75) is 38.3 Å². The number of aliphatic hydroxyl groups is 1. The first kappa shape index (κ1) is 25.9. The van der Waals surface area contributed by atoms with Crippen LogP contribution in [-0.2, 0) is 13.0 Å². The molecule has 4 unspecified atom stereocenters. The van der Waals surface area contributed by atoms with E-state index in [2.05, 4.69) is 118 Å². The van der Waals surface area contributed by atoms with Crippen LogP contribution in [0.5, 0.6) is 0 Å². The minimum Gasteiger partial charge on any atom is -0.396 e. The highest BCUT2D eigenvalue weighted by atomic mass is 16.3. The van der Waals surface area contributed by atoms with E-state index in [4.69, 9.17) is 0 Å². The summed E-state index contributed by atoms with van der Waals surface area (Å²) in [6.07, 6.45) is 6.41. The molecule has 5 nitrogen and oxygen atoms in total. The molecule has 0 saturated heterocycles. The molecule has 0 spiro atoms. The lowest BCUT2D eigenvalue weighted by Crippen LogP contribution is -2.41. The van der Waals surface area contributed by atoms with Gasteiger partial charge in [-0.1, -0.05) is 72.8 Å². The summed E-state index contributed by atoms with van der Waals surface area (Å²) in [5, 5.41) is 18.2. The van der Waals surface area contributed by atoms with E-state index in [1.54, 1.807) is 6.33 Å². The Balaban J connectivity index is 1.05. The van der Waals surface area contributed by atoms with Gasteiger partial charge in [0.25, 0.3) is 0 Å². The number of aromatic nitrogens is 2. The highest BCUT2D eigenvalue weighted by molar-refractivity contribution is 5.93. The van der Waals surface area contributed by atoms with E-state index in [0.717, 1.165) is 46.9 Å². The third kappa shape index (κ3) is 5.48. The molecule has 2 fully saturated rings. The summed E-state index contributed by atoms with van der Waals surface area (Å²) >= 11 is 0. The van der Waals surface area contributed by atoms with Crippen LogP contribution < -0.4 is 10.6 Å². The minimum atomic E-state index is 0.305. The van der Waals surface area contributed by atoms with E-state index in [1.165, 1.54) is 41.5 Å². The summed E-state index contributed by atoms with van der Waals surface area (Å²) in [6, 6.07) is 34.8. The first-order valence-corrected chi connectivity index (χ1v) is 14.8. The number of aliphatic hydroxyl groups excluding tert-OH is 1. The lowest BCUT2D eigenvalue weighted by molar-refractivity contribution is 0.142. The molecule has 5 aromatic rings. The van der Waals surface area contributed by atoms with Crippen molar-refractivity contribution < 1.29 is 5.11 Å². The molecule has 41 heavy (non-hydrogen) atoms. The van der Waals surface area contributed by atoms with Gasteiger partial charge in [0, 0.05) is 36.2 Å². The number of fused-ring (bicyclic) bond motifs is 3. The van der Waals surface area contributed by atoms with Crippen LogP contribution in [0.15, 0.2) is 103 Å². The highest BCUT2D eigenvalue weighted by Gasteiger charge is 2.46. The maximum absolute atomic E-state index is 9.90. The lowest BCUT2D eigenvalue weighted by atomic mass is 9.85. The van der Waals surface area contributed by atoms with Crippen LogP contribution in [0.3, 0.4) is 0 Å². The van der Waals surface area contributed by atoms with Gasteiger partial charge < -0.3 is 15.7 Å². The predicted molar refractivity (Wildman–Crippen MR) is 166 cm³/mol. The second-order valence-corrected chi connectivity index (χ2v) is 11.7. The topological polar surface area (TPSA) is 70.1 Å². The number of rotatable bonds is 9. The fourth-order valence-corrected chi connectivity index (χ4v) is 7.05. The van der Waals surface area contributed by atoms with Gasteiger partial charge in [-0.25, -0.2) is 9.97 Å². The first-order valence-electron chi connectivity index (χ1n) is 14.8. The standard InChI is InChI=1S/C36H36N4O/c41-22-33-29-12-13-30(19-29)35(33)37-21-26-6-10-27(11-7-26)28-14-17-34-32(20-28)36(39-23-38-34)40-31-15-8-25(9-16-31)18-24-4-2-1-3-5-24/h1-11,14-17,20,23,29-30,33,35,37,41H,12-13,18-19,21-22H2,(H,38,39,40). The van der Waals surface area contributed by atoms with Crippen molar-refractivity contribution >= 4 is 22.4 Å². The largest absolute Gasteiger partial charge is 0.396 e. The Morgan fingerprint density at radius 1 is 0.732 bits per heavy atom. The first-order chi connectivity index (χ1) is 20.2. The lowest BCUT2D eigenvalue weighted by Gasteiger charge is -2.30. The summed E-state index contributed by atoms with van der Waals surface area (Å²) in [6.45, 7) is 1.15. The Labute approximate surface area is 241 Å². The van der Waals surface area contributed by atoms with Crippen LogP contribution in [0.1, 0.15) is 36.0 Å². The van der Waals surface area contributed by atoms with E-state index >= 15 is 0 Å². The second-order valence-electron chi connectivity index (χ2n) is 11.7. The summed E-state index contributed by atoms with van der Waals surface area (Å²) in [7, 11) is 0. The van der Waals surface area contributed by atoms with Gasteiger partial charge >= 0.3 is 0 Å². The molecule has 4 atom stereocenters. The molecule has 0 radical (unpaired) electrons. The number of hydrogen-bond donors (Lipinski definition) is 3. The van der Waals surface area contributed by atoms with Gasteiger partial charge in [-0.3, -0.25) is 0 Å². The quantitative estimate of drug-likeness (QED) is 0.186. The molecule has 0 aliphatic heterocycles. The van der Waals surface area contributed by atoms with Gasteiger partial charge in [-0.15, -0.1) is 0 Å². The summed E-state index contributed by atoms with van der Waals surface area (Å²) in [4.78, 5) is 9.09. The Bertz CT molecular complexity index is 1620. The Hall–Kier alpha value is -4.06. The van der Waals surface area contributed by atoms with Gasteiger partial charge in [0.05, 0.1) is 5.52 Å². The fraction of sp³-hybridized carbons (Fsp3) is 0.278. The fourth-order valence-electron chi connectivity index (χ4n) is 7.05. The van der Waals surface area contributed by atoms with Gasteiger partial charge in [-0.2, -0.15) is 0 Å². The Kier molecular flexibility index (Phi) is 7.22. The summed E-state index contributed by atoms with van der Waals surface area (Å²) < 4.78 is 0. The zero-order chi connectivity index (χ0) is 27.6. The smallest absolute Gasteiger partial charge is 0.141 e. The summed E-state index contributed by atoms with van der Waals surface area (Å²) in [5.74, 6) is 2.66. The maximum Gasteiger partial charge on any atom is 0.141 e. The molecule has 1 aromatic heterocycles. The van der Waals surface area contributed by atoms with Crippen LogP contribution in [-0.4, -0.2) is 27.7 Å². The molecule has 3 N–H and O–H groups in total. The number of nitrogens with one attached hydrogen (secondary N) is 2. The van der Waals surface area contributed by atoms with Gasteiger partial charge in [-0.05, 0) is 89.6 Å². The van der Waals surface area contributed by atoms with E-state index in [0.29, 0.717) is 24.5 Å². The van der Waals surface area contributed by atoms with Crippen molar-refractivity contribution in [2.24, 2.45) is 17.8 Å².